The van der Waals surface area contributed by atoms with Crippen LogP contribution in [0.15, 0.2) is 35.7 Å². The second-order valence-corrected chi connectivity index (χ2v) is 4.86. The number of benzene rings is 1. The molecule has 1 aromatic heterocycles. The third kappa shape index (κ3) is 1.63. The molecule has 0 saturated heterocycles. The number of hydrogen-bond donors (Lipinski definition) is 1. The molecule has 1 saturated carbocycles. The lowest BCUT2D eigenvalue weighted by Gasteiger charge is -1.97. The molecule has 0 amide bonds. The van der Waals surface area contributed by atoms with Gasteiger partial charge in [-0.2, -0.15) is 0 Å². The molecule has 2 aromatic rings. The number of nitrogens with two attached hydrogens (primary N) is 1. The van der Waals surface area contributed by atoms with Gasteiger partial charge in [-0.1, -0.05) is 30.3 Å². The predicted molar refractivity (Wildman–Crippen MR) is 63.1 cm³/mol. The number of aromatic nitrogens is 1. The lowest BCUT2D eigenvalue weighted by molar-refractivity contribution is 0.985. The molecule has 1 fully saturated rings. The molecule has 2 N–H and O–H groups in total. The fraction of sp³-hybridized carbons (Fsp3) is 0.250. The van der Waals surface area contributed by atoms with Gasteiger partial charge in [-0.15, -0.1) is 11.3 Å². The lowest BCUT2D eigenvalue weighted by Crippen LogP contribution is -1.86. The average Bonchev–Trinajstić information content (AvgIpc) is 2.96. The van der Waals surface area contributed by atoms with Gasteiger partial charge in [-0.3, -0.25) is 0 Å². The highest BCUT2D eigenvalue weighted by atomic mass is 32.1. The van der Waals surface area contributed by atoms with Crippen LogP contribution in [0.5, 0.6) is 0 Å². The van der Waals surface area contributed by atoms with Crippen LogP contribution in [-0.4, -0.2) is 4.98 Å². The zero-order chi connectivity index (χ0) is 10.3. The second-order valence-electron chi connectivity index (χ2n) is 3.97. The Labute approximate surface area is 92.8 Å². The van der Waals surface area contributed by atoms with E-state index < -0.39 is 0 Å². The first kappa shape index (κ1) is 8.92. The van der Waals surface area contributed by atoms with Crippen LogP contribution in [0.1, 0.15) is 29.5 Å². The summed E-state index contributed by atoms with van der Waals surface area (Å²) in [7, 11) is 0. The molecule has 1 heterocycles. The van der Waals surface area contributed by atoms with E-state index in [-0.39, 0.29) is 0 Å². The van der Waals surface area contributed by atoms with Crippen LogP contribution in [-0.2, 0) is 0 Å². The van der Waals surface area contributed by atoms with Crippen molar-refractivity contribution in [2.75, 3.05) is 5.73 Å². The van der Waals surface area contributed by atoms with Crippen molar-refractivity contribution >= 4 is 16.5 Å². The van der Waals surface area contributed by atoms with E-state index >= 15 is 0 Å². The molecule has 1 aliphatic rings. The molecule has 3 rings (SSSR count). The first-order chi connectivity index (χ1) is 7.34. The van der Waals surface area contributed by atoms with E-state index in [1.54, 1.807) is 0 Å². The lowest BCUT2D eigenvalue weighted by atomic mass is 10.1. The Hall–Kier alpha value is -1.35. The summed E-state index contributed by atoms with van der Waals surface area (Å²) in [5, 5.41) is 2.77. The third-order valence-electron chi connectivity index (χ3n) is 2.94. The minimum Gasteiger partial charge on any atom is -0.375 e. The fourth-order valence-corrected chi connectivity index (χ4v) is 2.69. The van der Waals surface area contributed by atoms with Crippen molar-refractivity contribution in [1.29, 1.82) is 0 Å². The SMILES string of the molecule is Nc1nc([C@H]2C[C@H]2c2ccccc2)cs1. The third-order valence-corrected chi connectivity index (χ3v) is 3.63. The van der Waals surface area contributed by atoms with Crippen LogP contribution in [0.4, 0.5) is 5.13 Å². The molecule has 76 valence electrons. The molecule has 1 aliphatic carbocycles. The van der Waals surface area contributed by atoms with Crippen molar-refractivity contribution in [3.63, 3.8) is 0 Å². The summed E-state index contributed by atoms with van der Waals surface area (Å²) in [6, 6.07) is 10.6. The monoisotopic (exact) mass is 216 g/mol. The van der Waals surface area contributed by atoms with Crippen molar-refractivity contribution in [3.05, 3.63) is 47.0 Å². The smallest absolute Gasteiger partial charge is 0.180 e. The zero-order valence-corrected chi connectivity index (χ0v) is 9.08. The van der Waals surface area contributed by atoms with Gasteiger partial charge in [0.15, 0.2) is 5.13 Å². The summed E-state index contributed by atoms with van der Waals surface area (Å²) in [6.07, 6.45) is 1.22. The molecule has 1 aromatic carbocycles. The maximum atomic E-state index is 5.64. The van der Waals surface area contributed by atoms with Crippen molar-refractivity contribution in [1.82, 2.24) is 4.98 Å². The molecule has 0 bridgehead atoms. The number of thiazole rings is 1. The summed E-state index contributed by atoms with van der Waals surface area (Å²) in [5.74, 6) is 1.26. The summed E-state index contributed by atoms with van der Waals surface area (Å²) in [5.41, 5.74) is 8.23. The van der Waals surface area contributed by atoms with E-state index in [1.165, 1.54) is 29.0 Å². The number of hydrogen-bond acceptors (Lipinski definition) is 3. The number of anilines is 1. The average molecular weight is 216 g/mol. The summed E-state index contributed by atoms with van der Waals surface area (Å²) < 4.78 is 0. The molecule has 2 atom stereocenters. The molecular weight excluding hydrogens is 204 g/mol. The molecule has 0 radical (unpaired) electrons. The minimum absolute atomic E-state index is 0.598. The van der Waals surface area contributed by atoms with E-state index in [0.717, 1.165) is 0 Å². The van der Waals surface area contributed by atoms with Crippen LogP contribution in [0.3, 0.4) is 0 Å². The number of rotatable bonds is 2. The van der Waals surface area contributed by atoms with Gasteiger partial charge in [0, 0.05) is 11.3 Å². The highest BCUT2D eigenvalue weighted by molar-refractivity contribution is 7.13. The Morgan fingerprint density at radius 2 is 2.00 bits per heavy atom. The molecular formula is C12H12N2S. The van der Waals surface area contributed by atoms with Crippen LogP contribution in [0.25, 0.3) is 0 Å². The molecule has 0 aliphatic heterocycles. The van der Waals surface area contributed by atoms with Gasteiger partial charge < -0.3 is 5.73 Å². The zero-order valence-electron chi connectivity index (χ0n) is 8.26. The number of nitrogens with zero attached hydrogens (tertiary/aromatic N) is 1. The first-order valence-corrected chi connectivity index (χ1v) is 5.98. The topological polar surface area (TPSA) is 38.9 Å². The predicted octanol–water partition coefficient (Wildman–Crippen LogP) is 3.00. The Bertz CT molecular complexity index is 463. The number of nitrogen functional groups attached to an aromatic ring is 1. The van der Waals surface area contributed by atoms with Crippen LogP contribution < -0.4 is 5.73 Å². The first-order valence-electron chi connectivity index (χ1n) is 5.10. The second kappa shape index (κ2) is 3.35. The minimum atomic E-state index is 0.598. The van der Waals surface area contributed by atoms with Gasteiger partial charge in [0.25, 0.3) is 0 Å². The van der Waals surface area contributed by atoms with E-state index in [1.807, 2.05) is 0 Å². The van der Waals surface area contributed by atoms with Crippen molar-refractivity contribution < 1.29 is 0 Å². The Morgan fingerprint density at radius 3 is 2.67 bits per heavy atom. The van der Waals surface area contributed by atoms with Gasteiger partial charge in [0.05, 0.1) is 5.69 Å². The van der Waals surface area contributed by atoms with E-state index in [2.05, 4.69) is 40.7 Å². The van der Waals surface area contributed by atoms with E-state index in [0.29, 0.717) is 17.0 Å². The van der Waals surface area contributed by atoms with E-state index in [9.17, 15) is 0 Å². The normalized spacial score (nSPS) is 24.0. The molecule has 0 unspecified atom stereocenters. The molecule has 3 heteroatoms. The fourth-order valence-electron chi connectivity index (χ4n) is 2.06. The van der Waals surface area contributed by atoms with Crippen LogP contribution in [0.2, 0.25) is 0 Å². The Morgan fingerprint density at radius 1 is 1.20 bits per heavy atom. The largest absolute Gasteiger partial charge is 0.375 e. The van der Waals surface area contributed by atoms with Crippen LogP contribution >= 0.6 is 11.3 Å². The molecule has 2 nitrogen and oxygen atoms in total. The van der Waals surface area contributed by atoms with E-state index in [4.69, 9.17) is 5.73 Å². The van der Waals surface area contributed by atoms with Gasteiger partial charge in [-0.25, -0.2) is 4.98 Å². The van der Waals surface area contributed by atoms with Gasteiger partial charge in [0.1, 0.15) is 0 Å². The standard InChI is InChI=1S/C12H12N2S/c13-12-14-11(7-15-12)10-6-9(10)8-4-2-1-3-5-8/h1-5,7,9-10H,6H2,(H2,13,14)/t9-,10-/m0/s1. The maximum absolute atomic E-state index is 5.64. The Kier molecular flexibility index (Phi) is 1.99. The summed E-state index contributed by atoms with van der Waals surface area (Å²) in [6.45, 7) is 0. The summed E-state index contributed by atoms with van der Waals surface area (Å²) in [4.78, 5) is 4.34. The van der Waals surface area contributed by atoms with Crippen molar-refractivity contribution in [3.8, 4) is 0 Å². The molecule has 0 spiro atoms. The van der Waals surface area contributed by atoms with Crippen LogP contribution in [0, 0.1) is 0 Å². The molecule has 15 heavy (non-hydrogen) atoms. The summed E-state index contributed by atoms with van der Waals surface area (Å²) >= 11 is 1.54. The van der Waals surface area contributed by atoms with Crippen molar-refractivity contribution in [2.45, 2.75) is 18.3 Å². The maximum Gasteiger partial charge on any atom is 0.180 e. The van der Waals surface area contributed by atoms with Gasteiger partial charge in [0.2, 0.25) is 0 Å². The quantitative estimate of drug-likeness (QED) is 0.838. The van der Waals surface area contributed by atoms with Gasteiger partial charge in [-0.05, 0) is 17.9 Å². The Balaban J connectivity index is 1.80. The highest BCUT2D eigenvalue weighted by Gasteiger charge is 2.40. The highest BCUT2D eigenvalue weighted by Crippen LogP contribution is 2.54. The van der Waals surface area contributed by atoms with Gasteiger partial charge >= 0.3 is 0 Å². The van der Waals surface area contributed by atoms with Crippen molar-refractivity contribution in [2.24, 2.45) is 0 Å².